The zero-order valence-electron chi connectivity index (χ0n) is 8.91. The predicted molar refractivity (Wildman–Crippen MR) is 62.3 cm³/mol. The van der Waals surface area contributed by atoms with Crippen LogP contribution in [0.4, 0.5) is 8.78 Å². The summed E-state index contributed by atoms with van der Waals surface area (Å²) in [5.74, 6) is -3.31. The van der Waals surface area contributed by atoms with Crippen LogP contribution < -0.4 is 0 Å². The maximum absolute atomic E-state index is 12.5. The molecule has 96 valence electrons. The molecule has 0 aromatic rings. The molecule has 0 saturated heterocycles. The second-order valence-electron chi connectivity index (χ2n) is 3.90. The van der Waals surface area contributed by atoms with Gasteiger partial charge in [0.05, 0.1) is 0 Å². The SMILES string of the molecule is O=S(=O)(C(F)F)N(CCBr)C1CCCCC1. The molecule has 0 bridgehead atoms. The fourth-order valence-electron chi connectivity index (χ4n) is 2.07. The van der Waals surface area contributed by atoms with Crippen LogP contribution in [0.2, 0.25) is 0 Å². The maximum atomic E-state index is 12.5. The molecular formula is C9H16BrF2NO2S. The van der Waals surface area contributed by atoms with E-state index in [-0.39, 0.29) is 12.6 Å². The predicted octanol–water partition coefficient (Wildman–Crippen LogP) is 2.57. The van der Waals surface area contributed by atoms with Crippen LogP contribution in [0.25, 0.3) is 0 Å². The van der Waals surface area contributed by atoms with E-state index in [4.69, 9.17) is 0 Å². The smallest absolute Gasteiger partial charge is 0.206 e. The van der Waals surface area contributed by atoms with Crippen molar-refractivity contribution in [1.82, 2.24) is 4.31 Å². The Hall–Kier alpha value is 0.250. The Balaban J connectivity index is 2.80. The third-order valence-electron chi connectivity index (χ3n) is 2.84. The van der Waals surface area contributed by atoms with Gasteiger partial charge in [-0.25, -0.2) is 8.42 Å². The minimum Gasteiger partial charge on any atom is -0.206 e. The van der Waals surface area contributed by atoms with Crippen LogP contribution in [0.15, 0.2) is 0 Å². The van der Waals surface area contributed by atoms with E-state index in [0.717, 1.165) is 23.6 Å². The largest absolute Gasteiger partial charge is 0.350 e. The van der Waals surface area contributed by atoms with Gasteiger partial charge in [0.1, 0.15) is 0 Å². The summed E-state index contributed by atoms with van der Waals surface area (Å²) in [4.78, 5) is 0. The average molecular weight is 320 g/mol. The van der Waals surface area contributed by atoms with Crippen LogP contribution in [-0.2, 0) is 10.0 Å². The molecule has 0 aromatic carbocycles. The van der Waals surface area contributed by atoms with Gasteiger partial charge < -0.3 is 0 Å². The minimum atomic E-state index is -4.43. The van der Waals surface area contributed by atoms with Gasteiger partial charge in [0.15, 0.2) is 0 Å². The van der Waals surface area contributed by atoms with E-state index >= 15 is 0 Å². The summed E-state index contributed by atoms with van der Waals surface area (Å²) >= 11 is 3.11. The average Bonchev–Trinajstić information content (AvgIpc) is 2.26. The topological polar surface area (TPSA) is 37.4 Å². The van der Waals surface area contributed by atoms with Gasteiger partial charge in [-0.1, -0.05) is 35.2 Å². The second kappa shape index (κ2) is 6.26. The number of halogens is 3. The van der Waals surface area contributed by atoms with Crippen molar-refractivity contribution in [3.8, 4) is 0 Å². The Kier molecular flexibility index (Phi) is 5.60. The van der Waals surface area contributed by atoms with Gasteiger partial charge in [0, 0.05) is 17.9 Å². The molecule has 1 saturated carbocycles. The van der Waals surface area contributed by atoms with Crippen molar-refractivity contribution in [2.24, 2.45) is 0 Å². The van der Waals surface area contributed by atoms with Crippen LogP contribution in [0.5, 0.6) is 0 Å². The molecule has 1 rings (SSSR count). The van der Waals surface area contributed by atoms with Crippen molar-refractivity contribution < 1.29 is 17.2 Å². The molecule has 0 aromatic heterocycles. The van der Waals surface area contributed by atoms with Crippen molar-refractivity contribution in [3.63, 3.8) is 0 Å². The third-order valence-corrected chi connectivity index (χ3v) is 4.78. The fraction of sp³-hybridized carbons (Fsp3) is 1.00. The van der Waals surface area contributed by atoms with Crippen molar-refractivity contribution in [2.45, 2.75) is 43.9 Å². The summed E-state index contributed by atoms with van der Waals surface area (Å²) < 4.78 is 48.9. The summed E-state index contributed by atoms with van der Waals surface area (Å²) in [6.07, 6.45) is 4.29. The monoisotopic (exact) mass is 319 g/mol. The van der Waals surface area contributed by atoms with Crippen LogP contribution in [0.3, 0.4) is 0 Å². The molecule has 3 nitrogen and oxygen atoms in total. The summed E-state index contributed by atoms with van der Waals surface area (Å²) in [7, 11) is -4.43. The third kappa shape index (κ3) is 3.37. The van der Waals surface area contributed by atoms with Gasteiger partial charge in [-0.05, 0) is 12.8 Å². The molecule has 1 aliphatic carbocycles. The molecule has 1 aliphatic rings. The lowest BCUT2D eigenvalue weighted by Crippen LogP contribution is -2.45. The molecule has 16 heavy (non-hydrogen) atoms. The first-order valence-corrected chi connectivity index (χ1v) is 7.97. The van der Waals surface area contributed by atoms with Crippen molar-refractivity contribution in [3.05, 3.63) is 0 Å². The maximum Gasteiger partial charge on any atom is 0.350 e. The molecule has 7 heteroatoms. The Morgan fingerprint density at radius 2 is 1.81 bits per heavy atom. The van der Waals surface area contributed by atoms with Crippen LogP contribution in [0.1, 0.15) is 32.1 Å². The Morgan fingerprint density at radius 3 is 2.25 bits per heavy atom. The van der Waals surface area contributed by atoms with Crippen LogP contribution in [0, 0.1) is 0 Å². The fourth-order valence-corrected chi connectivity index (χ4v) is 3.87. The molecule has 0 aliphatic heterocycles. The van der Waals surface area contributed by atoms with Crippen molar-refractivity contribution in [2.75, 3.05) is 11.9 Å². The van der Waals surface area contributed by atoms with Gasteiger partial charge in [-0.2, -0.15) is 13.1 Å². The highest BCUT2D eigenvalue weighted by Gasteiger charge is 2.36. The molecule has 1 fully saturated rings. The normalized spacial score (nSPS) is 19.6. The Labute approximate surface area is 103 Å². The van der Waals surface area contributed by atoms with Crippen LogP contribution >= 0.6 is 15.9 Å². The minimum absolute atomic E-state index is 0.122. The number of hydrogen-bond donors (Lipinski definition) is 0. The molecule has 0 atom stereocenters. The van der Waals surface area contributed by atoms with E-state index in [1.54, 1.807) is 0 Å². The summed E-state index contributed by atoms with van der Waals surface area (Å²) in [6, 6.07) is -0.245. The van der Waals surface area contributed by atoms with E-state index in [1.807, 2.05) is 0 Å². The van der Waals surface area contributed by atoms with Crippen molar-refractivity contribution in [1.29, 1.82) is 0 Å². The van der Waals surface area contributed by atoms with Gasteiger partial charge in [0.25, 0.3) is 10.0 Å². The lowest BCUT2D eigenvalue weighted by Gasteiger charge is -2.32. The van der Waals surface area contributed by atoms with E-state index < -0.39 is 15.8 Å². The van der Waals surface area contributed by atoms with E-state index in [1.165, 1.54) is 0 Å². The number of rotatable bonds is 5. The molecule has 0 amide bonds. The number of nitrogens with zero attached hydrogens (tertiary/aromatic N) is 1. The van der Waals surface area contributed by atoms with Gasteiger partial charge >= 0.3 is 5.76 Å². The zero-order chi connectivity index (χ0) is 12.2. The molecule has 0 unspecified atom stereocenters. The number of hydrogen-bond acceptors (Lipinski definition) is 2. The molecule has 0 spiro atoms. The Morgan fingerprint density at radius 1 is 1.25 bits per heavy atom. The second-order valence-corrected chi connectivity index (χ2v) is 6.55. The summed E-state index contributed by atoms with van der Waals surface area (Å²) in [5.41, 5.74) is 0. The summed E-state index contributed by atoms with van der Waals surface area (Å²) in [5, 5.41) is 0.384. The zero-order valence-corrected chi connectivity index (χ0v) is 11.3. The molecular weight excluding hydrogens is 304 g/mol. The molecule has 0 N–H and O–H groups in total. The number of alkyl halides is 3. The summed E-state index contributed by atoms with van der Waals surface area (Å²) in [6.45, 7) is 0.122. The molecule has 0 radical (unpaired) electrons. The van der Waals surface area contributed by atoms with E-state index in [2.05, 4.69) is 15.9 Å². The first-order chi connectivity index (χ1) is 7.50. The number of sulfonamides is 1. The first-order valence-electron chi connectivity index (χ1n) is 5.35. The quantitative estimate of drug-likeness (QED) is 0.730. The lowest BCUT2D eigenvalue weighted by molar-refractivity contribution is 0.198. The van der Waals surface area contributed by atoms with Gasteiger partial charge in [-0.15, -0.1) is 0 Å². The first kappa shape index (κ1) is 14.3. The molecule has 0 heterocycles. The van der Waals surface area contributed by atoms with E-state index in [0.29, 0.717) is 18.2 Å². The van der Waals surface area contributed by atoms with Crippen LogP contribution in [-0.4, -0.2) is 36.4 Å². The lowest BCUT2D eigenvalue weighted by atomic mass is 9.95. The van der Waals surface area contributed by atoms with Gasteiger partial charge in [0.2, 0.25) is 0 Å². The van der Waals surface area contributed by atoms with Crippen molar-refractivity contribution >= 4 is 26.0 Å². The van der Waals surface area contributed by atoms with Gasteiger partial charge in [-0.3, -0.25) is 0 Å². The van der Waals surface area contributed by atoms with E-state index in [9.17, 15) is 17.2 Å². The standard InChI is InChI=1S/C9H16BrF2NO2S/c10-6-7-13(16(14,15)9(11)12)8-4-2-1-3-5-8/h8-9H,1-7H2. The highest BCUT2D eigenvalue weighted by Crippen LogP contribution is 2.26. The highest BCUT2D eigenvalue weighted by molar-refractivity contribution is 9.09. The Bertz CT molecular complexity index is 305. The highest BCUT2D eigenvalue weighted by atomic mass is 79.9.